The Morgan fingerprint density at radius 2 is 2.07 bits per heavy atom. The molecule has 2 aliphatic heterocycles. The second-order valence-electron chi connectivity index (χ2n) is 7.72. The lowest BCUT2D eigenvalue weighted by Crippen LogP contribution is -2.42. The van der Waals surface area contributed by atoms with Crippen molar-refractivity contribution in [1.29, 1.82) is 0 Å². The molecule has 27 heavy (non-hydrogen) atoms. The second-order valence-corrected chi connectivity index (χ2v) is 7.72. The molecule has 0 bridgehead atoms. The largest absolute Gasteiger partial charge is 0.506 e. The summed E-state index contributed by atoms with van der Waals surface area (Å²) in [4.78, 5) is 19.2. The van der Waals surface area contributed by atoms with Gasteiger partial charge in [0, 0.05) is 37.0 Å². The molecule has 0 saturated carbocycles. The van der Waals surface area contributed by atoms with E-state index < -0.39 is 5.41 Å². The molecular formula is C21H25N3O3. The maximum atomic E-state index is 12.9. The minimum atomic E-state index is -0.441. The van der Waals surface area contributed by atoms with E-state index in [-0.39, 0.29) is 18.3 Å². The van der Waals surface area contributed by atoms with E-state index in [2.05, 4.69) is 27.3 Å². The molecule has 1 unspecified atom stereocenters. The van der Waals surface area contributed by atoms with E-state index in [1.807, 2.05) is 12.1 Å². The van der Waals surface area contributed by atoms with Crippen LogP contribution in [-0.4, -0.2) is 39.1 Å². The van der Waals surface area contributed by atoms with Crippen molar-refractivity contribution in [2.24, 2.45) is 5.41 Å². The number of hydrogen-bond acceptors (Lipinski definition) is 5. The topological polar surface area (TPSA) is 85.7 Å². The van der Waals surface area contributed by atoms with Crippen molar-refractivity contribution in [3.63, 3.8) is 0 Å². The van der Waals surface area contributed by atoms with Crippen LogP contribution in [0.5, 0.6) is 5.75 Å². The minimum Gasteiger partial charge on any atom is -0.506 e. The number of amides is 1. The quantitative estimate of drug-likeness (QED) is 0.768. The Kier molecular flexibility index (Phi) is 4.61. The van der Waals surface area contributed by atoms with Gasteiger partial charge in [0.15, 0.2) is 0 Å². The number of fused-ring (bicyclic) bond motifs is 1. The molecule has 1 aromatic carbocycles. The standard InChI is InChI=1S/C21H25N3O3/c1-14-19(26)18(17(12-25)10-22-14)11-24-7-6-21(13-24)8-15-4-2-3-5-16(15)9-23-20(21)27/h2-5,10,25-26H,6-9,11-13H2,1H3,(H,23,27). The third-order valence-electron chi connectivity index (χ3n) is 5.98. The molecule has 1 spiro atoms. The average Bonchev–Trinajstić information content (AvgIpc) is 3.02. The van der Waals surface area contributed by atoms with Crippen LogP contribution in [0.2, 0.25) is 0 Å². The Labute approximate surface area is 158 Å². The van der Waals surface area contributed by atoms with E-state index in [1.54, 1.807) is 13.1 Å². The average molecular weight is 367 g/mol. The molecular weight excluding hydrogens is 342 g/mol. The first-order valence-corrected chi connectivity index (χ1v) is 9.37. The zero-order valence-corrected chi connectivity index (χ0v) is 15.5. The van der Waals surface area contributed by atoms with Crippen molar-refractivity contribution in [1.82, 2.24) is 15.2 Å². The number of carbonyl (C=O) groups excluding carboxylic acids is 1. The summed E-state index contributed by atoms with van der Waals surface area (Å²) in [5.41, 5.74) is 3.87. The Bertz CT molecular complexity index is 883. The molecule has 1 atom stereocenters. The van der Waals surface area contributed by atoms with Gasteiger partial charge in [0.25, 0.3) is 0 Å². The van der Waals surface area contributed by atoms with E-state index >= 15 is 0 Å². The normalized spacial score (nSPS) is 22.5. The maximum absolute atomic E-state index is 12.9. The number of aliphatic hydroxyl groups excluding tert-OH is 1. The van der Waals surface area contributed by atoms with E-state index in [9.17, 15) is 15.0 Å². The van der Waals surface area contributed by atoms with Crippen molar-refractivity contribution in [2.75, 3.05) is 13.1 Å². The lowest BCUT2D eigenvalue weighted by molar-refractivity contribution is -0.130. The van der Waals surface area contributed by atoms with E-state index in [4.69, 9.17) is 0 Å². The summed E-state index contributed by atoms with van der Waals surface area (Å²) in [5.74, 6) is 0.247. The zero-order valence-electron chi connectivity index (χ0n) is 15.5. The van der Waals surface area contributed by atoms with Crippen molar-refractivity contribution in [3.8, 4) is 5.75 Å². The van der Waals surface area contributed by atoms with E-state index in [0.717, 1.165) is 19.4 Å². The van der Waals surface area contributed by atoms with Gasteiger partial charge in [-0.15, -0.1) is 0 Å². The van der Waals surface area contributed by atoms with Crippen LogP contribution in [0.1, 0.15) is 34.4 Å². The number of nitrogens with zero attached hydrogens (tertiary/aromatic N) is 2. The van der Waals surface area contributed by atoms with Gasteiger partial charge in [-0.1, -0.05) is 24.3 Å². The van der Waals surface area contributed by atoms with Gasteiger partial charge in [0.05, 0.1) is 17.7 Å². The molecule has 1 aromatic heterocycles. The van der Waals surface area contributed by atoms with Crippen LogP contribution >= 0.6 is 0 Å². The van der Waals surface area contributed by atoms with Gasteiger partial charge in [-0.2, -0.15) is 0 Å². The molecule has 1 saturated heterocycles. The molecule has 6 heteroatoms. The molecule has 2 aromatic rings. The van der Waals surface area contributed by atoms with Gasteiger partial charge in [0.2, 0.25) is 5.91 Å². The van der Waals surface area contributed by atoms with Crippen LogP contribution in [0.25, 0.3) is 0 Å². The summed E-state index contributed by atoms with van der Waals surface area (Å²) in [6, 6.07) is 8.23. The van der Waals surface area contributed by atoms with Gasteiger partial charge >= 0.3 is 0 Å². The van der Waals surface area contributed by atoms with Gasteiger partial charge in [-0.25, -0.2) is 0 Å². The first-order chi connectivity index (χ1) is 13.0. The SMILES string of the molecule is Cc1ncc(CO)c(CN2CCC3(Cc4ccccc4CNC3=O)C2)c1O. The van der Waals surface area contributed by atoms with Gasteiger partial charge < -0.3 is 15.5 Å². The number of pyridine rings is 1. The molecule has 4 rings (SSSR count). The lowest BCUT2D eigenvalue weighted by Gasteiger charge is -2.27. The predicted octanol–water partition coefficient (Wildman–Crippen LogP) is 1.65. The predicted molar refractivity (Wildman–Crippen MR) is 101 cm³/mol. The van der Waals surface area contributed by atoms with Gasteiger partial charge in [0.1, 0.15) is 5.75 Å². The first-order valence-electron chi connectivity index (χ1n) is 9.37. The lowest BCUT2D eigenvalue weighted by atomic mass is 9.80. The summed E-state index contributed by atoms with van der Waals surface area (Å²) < 4.78 is 0. The van der Waals surface area contributed by atoms with Gasteiger partial charge in [-0.3, -0.25) is 14.7 Å². The number of carbonyl (C=O) groups is 1. The van der Waals surface area contributed by atoms with Crippen LogP contribution in [0.3, 0.4) is 0 Å². The number of nitrogens with one attached hydrogen (secondary N) is 1. The highest BCUT2D eigenvalue weighted by atomic mass is 16.3. The molecule has 0 radical (unpaired) electrons. The number of rotatable bonds is 3. The van der Waals surface area contributed by atoms with Crippen LogP contribution in [0.15, 0.2) is 30.5 Å². The molecule has 6 nitrogen and oxygen atoms in total. The van der Waals surface area contributed by atoms with Crippen LogP contribution in [0, 0.1) is 12.3 Å². The summed E-state index contributed by atoms with van der Waals surface area (Å²) in [5, 5.41) is 23.1. The number of aryl methyl sites for hydroxylation is 1. The van der Waals surface area contributed by atoms with Crippen molar-refractivity contribution in [3.05, 3.63) is 58.4 Å². The number of aliphatic hydroxyl groups is 1. The van der Waals surface area contributed by atoms with Crippen LogP contribution in [0.4, 0.5) is 0 Å². The summed E-state index contributed by atoms with van der Waals surface area (Å²) in [7, 11) is 0. The first kappa shape index (κ1) is 17.9. The molecule has 3 heterocycles. The number of benzene rings is 1. The van der Waals surface area contributed by atoms with Crippen molar-refractivity contribution >= 4 is 5.91 Å². The fourth-order valence-electron chi connectivity index (χ4n) is 4.35. The smallest absolute Gasteiger partial charge is 0.228 e. The Hall–Kier alpha value is -2.44. The number of likely N-dealkylation sites (tertiary alicyclic amines) is 1. The molecule has 1 fully saturated rings. The molecule has 0 aliphatic carbocycles. The highest BCUT2D eigenvalue weighted by Crippen LogP contribution is 2.38. The third-order valence-corrected chi connectivity index (χ3v) is 5.98. The summed E-state index contributed by atoms with van der Waals surface area (Å²) in [6.45, 7) is 4.09. The van der Waals surface area contributed by atoms with Crippen molar-refractivity contribution < 1.29 is 15.0 Å². The third kappa shape index (κ3) is 3.19. The molecule has 142 valence electrons. The Morgan fingerprint density at radius 3 is 2.85 bits per heavy atom. The Morgan fingerprint density at radius 1 is 1.30 bits per heavy atom. The second kappa shape index (κ2) is 6.94. The Balaban J connectivity index is 1.58. The number of aromatic hydroxyl groups is 1. The molecule has 3 N–H and O–H groups in total. The fraction of sp³-hybridized carbons (Fsp3) is 0.429. The van der Waals surface area contributed by atoms with Crippen molar-refractivity contribution in [2.45, 2.75) is 39.5 Å². The highest BCUT2D eigenvalue weighted by Gasteiger charge is 2.46. The number of aromatic nitrogens is 1. The fourth-order valence-corrected chi connectivity index (χ4v) is 4.35. The summed E-state index contributed by atoms with van der Waals surface area (Å²) in [6.07, 6.45) is 3.14. The highest BCUT2D eigenvalue weighted by molar-refractivity contribution is 5.84. The zero-order chi connectivity index (χ0) is 19.0. The molecule has 1 amide bonds. The van der Waals surface area contributed by atoms with Gasteiger partial charge in [-0.05, 0) is 37.4 Å². The number of hydrogen-bond donors (Lipinski definition) is 3. The minimum absolute atomic E-state index is 0.110. The molecule has 2 aliphatic rings. The van der Waals surface area contributed by atoms with Crippen LogP contribution in [-0.2, 0) is 30.9 Å². The van der Waals surface area contributed by atoms with E-state index in [0.29, 0.717) is 36.5 Å². The van der Waals surface area contributed by atoms with E-state index in [1.165, 1.54) is 11.1 Å². The maximum Gasteiger partial charge on any atom is 0.228 e. The van der Waals surface area contributed by atoms with Crippen LogP contribution < -0.4 is 5.32 Å². The summed E-state index contributed by atoms with van der Waals surface area (Å²) >= 11 is 0. The monoisotopic (exact) mass is 367 g/mol.